The molecule has 0 aromatic carbocycles. The van der Waals surface area contributed by atoms with E-state index in [4.69, 9.17) is 0 Å². The average Bonchev–Trinajstić information content (AvgIpc) is 2.75. The van der Waals surface area contributed by atoms with Gasteiger partial charge in [0, 0.05) is 11.9 Å². The Bertz CT molecular complexity index is 547. The van der Waals surface area contributed by atoms with Gasteiger partial charge in [0.1, 0.15) is 5.82 Å². The molecule has 0 radical (unpaired) electrons. The lowest BCUT2D eigenvalue weighted by molar-refractivity contribution is -0.115. The maximum atomic E-state index is 11.8. The minimum absolute atomic E-state index is 0.106. The van der Waals surface area contributed by atoms with Crippen LogP contribution >= 0.6 is 0 Å². The number of rotatable bonds is 4. The Morgan fingerprint density at radius 2 is 2.28 bits per heavy atom. The van der Waals surface area contributed by atoms with E-state index in [2.05, 4.69) is 27.2 Å². The molecule has 2 rings (SSSR count). The molecule has 0 unspecified atom stereocenters. The largest absolute Gasteiger partial charge is 0.348 e. The van der Waals surface area contributed by atoms with Crippen molar-refractivity contribution in [3.63, 3.8) is 0 Å². The quantitative estimate of drug-likeness (QED) is 0.862. The monoisotopic (exact) mass is 244 g/mol. The Hall–Kier alpha value is -2.17. The van der Waals surface area contributed by atoms with E-state index in [-0.39, 0.29) is 12.3 Å². The Morgan fingerprint density at radius 3 is 2.94 bits per heavy atom. The van der Waals surface area contributed by atoms with Gasteiger partial charge in [-0.05, 0) is 31.0 Å². The molecule has 2 heterocycles. The third kappa shape index (κ3) is 2.94. The molecular formula is C13H16N4O. The van der Waals surface area contributed by atoms with Crippen molar-refractivity contribution in [3.05, 3.63) is 41.6 Å². The minimum atomic E-state index is -0.106. The van der Waals surface area contributed by atoms with Crippen LogP contribution in [0.4, 0.5) is 5.82 Å². The number of hydrogen-bond donors (Lipinski definition) is 2. The fourth-order valence-corrected chi connectivity index (χ4v) is 1.67. The van der Waals surface area contributed by atoms with E-state index in [1.54, 1.807) is 12.5 Å². The van der Waals surface area contributed by atoms with Gasteiger partial charge in [-0.15, -0.1) is 0 Å². The smallest absolute Gasteiger partial charge is 0.231 e. The Morgan fingerprint density at radius 1 is 1.44 bits per heavy atom. The predicted octanol–water partition coefficient (Wildman–Crippen LogP) is 1.86. The highest BCUT2D eigenvalue weighted by Gasteiger charge is 2.09. The maximum absolute atomic E-state index is 11.8. The molecular weight excluding hydrogens is 228 g/mol. The normalized spacial score (nSPS) is 10.3. The molecule has 2 N–H and O–H groups in total. The number of pyridine rings is 1. The number of aromatic amines is 1. The molecule has 0 aliphatic carbocycles. The van der Waals surface area contributed by atoms with E-state index in [1.165, 1.54) is 0 Å². The Labute approximate surface area is 106 Å². The molecule has 5 nitrogen and oxygen atoms in total. The van der Waals surface area contributed by atoms with Gasteiger partial charge in [-0.1, -0.05) is 6.92 Å². The van der Waals surface area contributed by atoms with Gasteiger partial charge in [0.15, 0.2) is 0 Å². The molecule has 0 aliphatic rings. The summed E-state index contributed by atoms with van der Waals surface area (Å²) in [6.45, 7) is 3.96. The molecule has 0 aliphatic heterocycles. The third-order valence-electron chi connectivity index (χ3n) is 2.76. The number of carbonyl (C=O) groups excluding carboxylic acids is 1. The predicted molar refractivity (Wildman–Crippen MR) is 69.3 cm³/mol. The van der Waals surface area contributed by atoms with Gasteiger partial charge in [-0.3, -0.25) is 4.79 Å². The zero-order valence-corrected chi connectivity index (χ0v) is 10.5. The van der Waals surface area contributed by atoms with Gasteiger partial charge in [0.05, 0.1) is 18.4 Å². The van der Waals surface area contributed by atoms with Gasteiger partial charge in [0.2, 0.25) is 5.91 Å². The van der Waals surface area contributed by atoms with Crippen LogP contribution in [0, 0.1) is 6.92 Å². The number of nitrogens with one attached hydrogen (secondary N) is 2. The molecule has 0 spiro atoms. The number of aryl methyl sites for hydroxylation is 2. The van der Waals surface area contributed by atoms with Crippen LogP contribution in [0.3, 0.4) is 0 Å². The van der Waals surface area contributed by atoms with Crippen LogP contribution in [-0.2, 0) is 17.6 Å². The van der Waals surface area contributed by atoms with Gasteiger partial charge in [-0.2, -0.15) is 0 Å². The van der Waals surface area contributed by atoms with Gasteiger partial charge >= 0.3 is 0 Å². The van der Waals surface area contributed by atoms with E-state index in [9.17, 15) is 4.79 Å². The Kier molecular flexibility index (Phi) is 3.72. The van der Waals surface area contributed by atoms with E-state index in [0.29, 0.717) is 5.82 Å². The van der Waals surface area contributed by atoms with Crippen molar-refractivity contribution in [2.75, 3.05) is 5.32 Å². The minimum Gasteiger partial charge on any atom is -0.348 e. The third-order valence-corrected chi connectivity index (χ3v) is 2.76. The topological polar surface area (TPSA) is 70.7 Å². The van der Waals surface area contributed by atoms with Crippen molar-refractivity contribution >= 4 is 11.7 Å². The molecule has 0 saturated heterocycles. The van der Waals surface area contributed by atoms with E-state index in [1.807, 2.05) is 19.1 Å². The summed E-state index contributed by atoms with van der Waals surface area (Å²) in [5.41, 5.74) is 2.83. The van der Waals surface area contributed by atoms with E-state index in [0.717, 1.165) is 23.4 Å². The summed E-state index contributed by atoms with van der Waals surface area (Å²) >= 11 is 0. The van der Waals surface area contributed by atoms with E-state index < -0.39 is 0 Å². The summed E-state index contributed by atoms with van der Waals surface area (Å²) < 4.78 is 0. The first kappa shape index (κ1) is 12.3. The fourth-order valence-electron chi connectivity index (χ4n) is 1.67. The van der Waals surface area contributed by atoms with Crippen LogP contribution in [-0.4, -0.2) is 20.9 Å². The van der Waals surface area contributed by atoms with Crippen molar-refractivity contribution < 1.29 is 4.79 Å². The number of hydrogen-bond acceptors (Lipinski definition) is 3. The van der Waals surface area contributed by atoms with Crippen LogP contribution in [0.15, 0.2) is 24.7 Å². The first-order valence-corrected chi connectivity index (χ1v) is 5.92. The molecule has 0 bridgehead atoms. The summed E-state index contributed by atoms with van der Waals surface area (Å²) in [7, 11) is 0. The molecule has 5 heteroatoms. The number of amides is 1. The van der Waals surface area contributed by atoms with Crippen molar-refractivity contribution in [2.24, 2.45) is 0 Å². The van der Waals surface area contributed by atoms with Gasteiger partial charge in [0.25, 0.3) is 0 Å². The second-order valence-corrected chi connectivity index (χ2v) is 4.10. The highest BCUT2D eigenvalue weighted by atomic mass is 16.1. The summed E-state index contributed by atoms with van der Waals surface area (Å²) in [5, 5.41) is 2.78. The second-order valence-electron chi connectivity index (χ2n) is 4.10. The highest BCUT2D eigenvalue weighted by Crippen LogP contribution is 2.08. The summed E-state index contributed by atoms with van der Waals surface area (Å²) in [4.78, 5) is 23.0. The molecule has 2 aromatic heterocycles. The fraction of sp³-hybridized carbons (Fsp3) is 0.308. The van der Waals surface area contributed by atoms with E-state index >= 15 is 0 Å². The van der Waals surface area contributed by atoms with Crippen LogP contribution in [0.25, 0.3) is 0 Å². The Balaban J connectivity index is 2.01. The highest BCUT2D eigenvalue weighted by molar-refractivity contribution is 5.91. The van der Waals surface area contributed by atoms with Crippen LogP contribution < -0.4 is 5.32 Å². The first-order chi connectivity index (χ1) is 8.69. The van der Waals surface area contributed by atoms with Crippen LogP contribution in [0.5, 0.6) is 0 Å². The summed E-state index contributed by atoms with van der Waals surface area (Å²) in [5.74, 6) is 0.485. The van der Waals surface area contributed by atoms with Crippen LogP contribution in [0.1, 0.15) is 23.9 Å². The maximum Gasteiger partial charge on any atom is 0.231 e. The molecule has 0 atom stereocenters. The molecule has 0 saturated carbocycles. The number of H-pyrrole nitrogens is 1. The lowest BCUT2D eigenvalue weighted by atomic mass is 10.2. The molecule has 94 valence electrons. The summed E-state index contributed by atoms with van der Waals surface area (Å²) in [6, 6.07) is 3.82. The summed E-state index contributed by atoms with van der Waals surface area (Å²) in [6.07, 6.45) is 4.47. The van der Waals surface area contributed by atoms with Crippen LogP contribution in [0.2, 0.25) is 0 Å². The number of carbonyl (C=O) groups is 1. The van der Waals surface area contributed by atoms with Crippen molar-refractivity contribution in [1.29, 1.82) is 0 Å². The molecule has 0 fully saturated rings. The number of nitrogens with zero attached hydrogens (tertiary/aromatic N) is 2. The molecule has 18 heavy (non-hydrogen) atoms. The first-order valence-electron chi connectivity index (χ1n) is 5.92. The van der Waals surface area contributed by atoms with Crippen molar-refractivity contribution in [1.82, 2.24) is 15.0 Å². The number of imidazole rings is 1. The number of aromatic nitrogens is 3. The average molecular weight is 244 g/mol. The van der Waals surface area contributed by atoms with Crippen molar-refractivity contribution in [3.8, 4) is 0 Å². The van der Waals surface area contributed by atoms with Crippen molar-refractivity contribution in [2.45, 2.75) is 26.7 Å². The van der Waals surface area contributed by atoms with Gasteiger partial charge in [-0.25, -0.2) is 9.97 Å². The zero-order valence-electron chi connectivity index (χ0n) is 10.5. The lowest BCUT2D eigenvalue weighted by Gasteiger charge is -2.05. The SMILES string of the molecule is CCc1ccnc(NC(=O)Cc2nc[nH]c2C)c1. The molecule has 1 amide bonds. The lowest BCUT2D eigenvalue weighted by Crippen LogP contribution is -2.16. The van der Waals surface area contributed by atoms with Gasteiger partial charge < -0.3 is 10.3 Å². The number of anilines is 1. The second kappa shape index (κ2) is 5.44. The molecule has 2 aromatic rings. The standard InChI is InChI=1S/C13H16N4O/c1-3-10-4-5-14-12(6-10)17-13(18)7-11-9(2)15-8-16-11/h4-6,8H,3,7H2,1-2H3,(H,15,16)(H,14,17,18). The zero-order chi connectivity index (χ0) is 13.0.